The van der Waals surface area contributed by atoms with Crippen molar-refractivity contribution in [2.45, 2.75) is 0 Å². The number of hydrogen-bond donors (Lipinski definition) is 3. The zero-order chi connectivity index (χ0) is 12.6. The zero-order valence-electron chi connectivity index (χ0n) is 8.38. The van der Waals surface area contributed by atoms with Crippen molar-refractivity contribution in [1.82, 2.24) is 10.4 Å². The van der Waals surface area contributed by atoms with Crippen LogP contribution < -0.4 is 16.7 Å². The Balaban J connectivity index is 2.83. The van der Waals surface area contributed by atoms with Crippen LogP contribution in [0.2, 0.25) is 10.0 Å². The van der Waals surface area contributed by atoms with Crippen LogP contribution in [0.3, 0.4) is 0 Å². The number of hydrazine groups is 1. The average Bonchev–Trinajstić information content (AvgIpc) is 2.33. The molecule has 17 heavy (non-hydrogen) atoms. The molecule has 0 atom stereocenters. The van der Waals surface area contributed by atoms with Crippen molar-refractivity contribution >= 4 is 40.0 Å². The van der Waals surface area contributed by atoms with Gasteiger partial charge in [-0.1, -0.05) is 23.2 Å². The Hall–Kier alpha value is -1.56. The second-order valence-electron chi connectivity index (χ2n) is 3.29. The summed E-state index contributed by atoms with van der Waals surface area (Å²) in [5.74, 6) is 4.30. The minimum absolute atomic E-state index is 0.0848. The van der Waals surface area contributed by atoms with Gasteiger partial charge >= 0.3 is 0 Å². The molecule has 0 saturated carbocycles. The fourth-order valence-electron chi connectivity index (χ4n) is 1.48. The molecule has 0 bridgehead atoms. The summed E-state index contributed by atoms with van der Waals surface area (Å²) in [4.78, 5) is 26.0. The van der Waals surface area contributed by atoms with Crippen LogP contribution in [0.1, 0.15) is 10.4 Å². The number of nitrogens with two attached hydrogens (primary N) is 1. The van der Waals surface area contributed by atoms with Gasteiger partial charge in [0.2, 0.25) is 5.43 Å². The van der Waals surface area contributed by atoms with Gasteiger partial charge in [-0.15, -0.1) is 0 Å². The van der Waals surface area contributed by atoms with E-state index in [2.05, 4.69) is 4.98 Å². The number of pyridine rings is 1. The first-order valence-electron chi connectivity index (χ1n) is 4.56. The van der Waals surface area contributed by atoms with E-state index in [1.165, 1.54) is 18.3 Å². The van der Waals surface area contributed by atoms with Crippen LogP contribution in [0, 0.1) is 0 Å². The molecule has 0 spiro atoms. The highest BCUT2D eigenvalue weighted by Crippen LogP contribution is 2.27. The summed E-state index contributed by atoms with van der Waals surface area (Å²) in [7, 11) is 0. The minimum Gasteiger partial charge on any atom is -0.359 e. The molecule has 0 aliphatic rings. The number of carbonyl (C=O) groups excluding carboxylic acids is 1. The van der Waals surface area contributed by atoms with Crippen LogP contribution in [-0.2, 0) is 0 Å². The first-order valence-corrected chi connectivity index (χ1v) is 5.32. The van der Waals surface area contributed by atoms with Crippen LogP contribution in [0.5, 0.6) is 0 Å². The van der Waals surface area contributed by atoms with Crippen molar-refractivity contribution in [2.24, 2.45) is 5.84 Å². The molecule has 7 heteroatoms. The molecule has 1 aromatic heterocycles. The third-order valence-corrected chi connectivity index (χ3v) is 3.12. The lowest BCUT2D eigenvalue weighted by molar-refractivity contribution is 0.0952. The van der Waals surface area contributed by atoms with Gasteiger partial charge < -0.3 is 4.98 Å². The van der Waals surface area contributed by atoms with Gasteiger partial charge in [-0.3, -0.25) is 15.0 Å². The van der Waals surface area contributed by atoms with Crippen LogP contribution in [0.15, 0.2) is 23.1 Å². The van der Waals surface area contributed by atoms with Crippen molar-refractivity contribution in [3.8, 4) is 0 Å². The van der Waals surface area contributed by atoms with Gasteiger partial charge in [0.15, 0.2) is 0 Å². The number of nitrogens with one attached hydrogen (secondary N) is 2. The number of nitrogen functional groups attached to an aromatic ring is 1. The molecule has 0 aliphatic heterocycles. The molecule has 2 aromatic rings. The maximum Gasteiger partial charge on any atom is 0.270 e. The van der Waals surface area contributed by atoms with E-state index < -0.39 is 11.3 Å². The highest BCUT2D eigenvalue weighted by atomic mass is 35.5. The predicted molar refractivity (Wildman–Crippen MR) is 66.2 cm³/mol. The minimum atomic E-state index is -0.667. The van der Waals surface area contributed by atoms with Crippen molar-refractivity contribution in [2.75, 3.05) is 0 Å². The molecular weight excluding hydrogens is 265 g/mol. The Labute approximate surface area is 105 Å². The number of carbonyl (C=O) groups is 1. The third kappa shape index (κ3) is 1.88. The van der Waals surface area contributed by atoms with Gasteiger partial charge in [-0.05, 0) is 12.1 Å². The fraction of sp³-hybridized carbons (Fsp3) is 0. The fourth-order valence-corrected chi connectivity index (χ4v) is 1.86. The molecule has 88 valence electrons. The Morgan fingerprint density at radius 1 is 1.35 bits per heavy atom. The lowest BCUT2D eigenvalue weighted by Gasteiger charge is -2.04. The summed E-state index contributed by atoms with van der Waals surface area (Å²) in [5.41, 5.74) is 1.74. The van der Waals surface area contributed by atoms with E-state index in [4.69, 9.17) is 29.0 Å². The van der Waals surface area contributed by atoms with E-state index in [0.29, 0.717) is 10.5 Å². The molecule has 0 unspecified atom stereocenters. The molecule has 0 aliphatic carbocycles. The summed E-state index contributed by atoms with van der Waals surface area (Å²) in [5, 5.41) is 0.840. The molecule has 1 amide bonds. The van der Waals surface area contributed by atoms with E-state index in [1.807, 2.05) is 5.43 Å². The highest BCUT2D eigenvalue weighted by molar-refractivity contribution is 6.45. The first kappa shape index (κ1) is 11.9. The second kappa shape index (κ2) is 4.37. The Morgan fingerprint density at radius 3 is 2.71 bits per heavy atom. The zero-order valence-corrected chi connectivity index (χ0v) is 9.89. The van der Waals surface area contributed by atoms with Gasteiger partial charge in [-0.2, -0.15) is 0 Å². The molecule has 0 radical (unpaired) electrons. The van der Waals surface area contributed by atoms with Gasteiger partial charge in [0.25, 0.3) is 5.91 Å². The molecule has 0 saturated heterocycles. The van der Waals surface area contributed by atoms with Crippen molar-refractivity contribution in [3.05, 3.63) is 44.2 Å². The lowest BCUT2D eigenvalue weighted by Crippen LogP contribution is -2.33. The van der Waals surface area contributed by atoms with Crippen LogP contribution >= 0.6 is 23.2 Å². The number of H-pyrrole nitrogens is 1. The number of fused-ring (bicyclic) bond motifs is 1. The smallest absolute Gasteiger partial charge is 0.270 e. The largest absolute Gasteiger partial charge is 0.359 e. The second-order valence-corrected chi connectivity index (χ2v) is 4.07. The van der Waals surface area contributed by atoms with Gasteiger partial charge in [0, 0.05) is 11.6 Å². The van der Waals surface area contributed by atoms with Crippen molar-refractivity contribution < 1.29 is 4.79 Å². The van der Waals surface area contributed by atoms with E-state index in [0.717, 1.165) is 0 Å². The number of hydrogen-bond acceptors (Lipinski definition) is 3. The van der Waals surface area contributed by atoms with E-state index >= 15 is 0 Å². The monoisotopic (exact) mass is 271 g/mol. The van der Waals surface area contributed by atoms with Crippen molar-refractivity contribution in [1.29, 1.82) is 0 Å². The lowest BCUT2D eigenvalue weighted by atomic mass is 10.1. The van der Waals surface area contributed by atoms with Crippen molar-refractivity contribution in [3.63, 3.8) is 0 Å². The highest BCUT2D eigenvalue weighted by Gasteiger charge is 2.14. The standard InChI is InChI=1S/C10H7Cl2N3O2/c11-6-2-1-4-8(7(6)12)14-3-5(9(4)16)10(17)15-13/h1-3H,13H2,(H,14,16)(H,15,17). The maximum absolute atomic E-state index is 12.0. The maximum atomic E-state index is 12.0. The molecule has 4 N–H and O–H groups in total. The SMILES string of the molecule is NNC(=O)c1c[nH]c2c(Cl)c(Cl)ccc2c1=O. The molecule has 2 rings (SSSR count). The molecule has 1 heterocycles. The number of halogens is 2. The third-order valence-electron chi connectivity index (χ3n) is 2.32. The summed E-state index contributed by atoms with van der Waals surface area (Å²) < 4.78 is 0. The van der Waals surface area contributed by atoms with E-state index in [1.54, 1.807) is 0 Å². The van der Waals surface area contributed by atoms with E-state index in [9.17, 15) is 9.59 Å². The summed E-state index contributed by atoms with van der Waals surface area (Å²) in [6.07, 6.45) is 1.25. The summed E-state index contributed by atoms with van der Waals surface area (Å²) in [6.45, 7) is 0. The number of aromatic nitrogens is 1. The molecule has 5 nitrogen and oxygen atoms in total. The number of amides is 1. The number of benzene rings is 1. The Kier molecular flexibility index (Phi) is 3.06. The molecule has 1 aromatic carbocycles. The average molecular weight is 272 g/mol. The quantitative estimate of drug-likeness (QED) is 0.417. The molecular formula is C10H7Cl2N3O2. The number of rotatable bonds is 1. The Morgan fingerprint density at radius 2 is 2.06 bits per heavy atom. The van der Waals surface area contributed by atoms with Gasteiger partial charge in [0.05, 0.1) is 15.6 Å². The van der Waals surface area contributed by atoms with Gasteiger partial charge in [0.1, 0.15) is 5.56 Å². The van der Waals surface area contributed by atoms with Crippen LogP contribution in [-0.4, -0.2) is 10.9 Å². The first-order chi connectivity index (χ1) is 8.06. The van der Waals surface area contributed by atoms with Gasteiger partial charge in [-0.25, -0.2) is 5.84 Å². The van der Waals surface area contributed by atoms with Crippen LogP contribution in [0.25, 0.3) is 10.9 Å². The summed E-state index contributed by atoms with van der Waals surface area (Å²) in [6, 6.07) is 2.99. The number of aromatic amines is 1. The Bertz CT molecular complexity index is 666. The molecule has 0 fully saturated rings. The summed E-state index contributed by atoms with van der Waals surface area (Å²) >= 11 is 11.8. The van der Waals surface area contributed by atoms with E-state index in [-0.39, 0.29) is 16.0 Å². The predicted octanol–water partition coefficient (Wildman–Crippen LogP) is 1.44. The topological polar surface area (TPSA) is 88.0 Å². The van der Waals surface area contributed by atoms with Crippen LogP contribution in [0.4, 0.5) is 0 Å². The normalized spacial score (nSPS) is 10.5.